The Morgan fingerprint density at radius 1 is 0.833 bits per heavy atom. The van der Waals surface area contributed by atoms with E-state index in [1.807, 2.05) is 0 Å². The van der Waals surface area contributed by atoms with E-state index in [-0.39, 0.29) is 36.0 Å². The molecule has 23 heteroatoms. The number of carbonyl (C=O) groups excluding carboxylic acids is 9. The number of hydrogen-bond donors (Lipinski definition) is 11. The number of amides is 8. The lowest BCUT2D eigenvalue weighted by atomic mass is 9.99. The normalized spacial score (nSPS) is 24.8. The maximum atomic E-state index is 14.3. The SMILES string of the molecule is CCCC(=O)N[C@@H](C)C(=O)N[C@H](C(=O)N[C@@H]1C(=O)N[C@@H](CC(C)C)C(=O)N[C@@H](CO)C(=O)N[C@@H]([C@@H](C)O)C(=O)N(C)[C@@H](Cc2ccc(O)c(Cl)c2)C(=O)N[C@@H](C(C)C)C(=O)O[C@@H]1C)[C@@H](C)O. The number of hydrogen-bond acceptors (Lipinski definition) is 14. The maximum Gasteiger partial charge on any atom is 0.329 e. The number of aromatic hydroxyl groups is 1. The minimum atomic E-state index is -1.88. The van der Waals surface area contributed by atoms with Crippen LogP contribution in [0.1, 0.15) is 87.1 Å². The van der Waals surface area contributed by atoms with Crippen LogP contribution in [0.15, 0.2) is 18.2 Å². The molecular weight excluding hydrogens is 888 g/mol. The molecule has 1 aromatic carbocycles. The van der Waals surface area contributed by atoms with Crippen molar-refractivity contribution in [2.75, 3.05) is 13.7 Å². The number of aliphatic hydroxyl groups is 3. The number of aliphatic hydroxyl groups excluding tert-OH is 3. The topological polar surface area (TPSA) is 331 Å². The van der Waals surface area contributed by atoms with Crippen molar-refractivity contribution in [1.82, 2.24) is 42.1 Å². The monoisotopic (exact) mass is 954 g/mol. The van der Waals surface area contributed by atoms with Crippen molar-refractivity contribution in [3.05, 3.63) is 28.8 Å². The van der Waals surface area contributed by atoms with E-state index < -0.39 is 132 Å². The van der Waals surface area contributed by atoms with E-state index in [1.165, 1.54) is 52.9 Å². The first-order valence-corrected chi connectivity index (χ1v) is 22.1. The number of benzene rings is 1. The van der Waals surface area contributed by atoms with Crippen LogP contribution >= 0.6 is 11.6 Å². The second-order valence-electron chi connectivity index (χ2n) is 17.2. The summed E-state index contributed by atoms with van der Waals surface area (Å²) >= 11 is 6.15. The van der Waals surface area contributed by atoms with E-state index in [2.05, 4.69) is 37.2 Å². The van der Waals surface area contributed by atoms with Crippen LogP contribution in [-0.4, -0.2) is 159 Å². The first-order chi connectivity index (χ1) is 30.7. The lowest BCUT2D eigenvalue weighted by Gasteiger charge is -2.34. The van der Waals surface area contributed by atoms with E-state index in [1.54, 1.807) is 34.6 Å². The fraction of sp³-hybridized carbons (Fsp3) is 0.651. The molecule has 0 radical (unpaired) electrons. The molecule has 1 heterocycles. The molecule has 11 atom stereocenters. The Kier molecular flexibility index (Phi) is 22.2. The van der Waals surface area contributed by atoms with Gasteiger partial charge in [-0.05, 0) is 70.1 Å². The van der Waals surface area contributed by atoms with Gasteiger partial charge in [0.05, 0.1) is 23.8 Å². The van der Waals surface area contributed by atoms with E-state index in [4.69, 9.17) is 16.3 Å². The van der Waals surface area contributed by atoms with Crippen molar-refractivity contribution in [3.8, 4) is 5.75 Å². The highest BCUT2D eigenvalue weighted by Gasteiger charge is 2.41. The third-order valence-electron chi connectivity index (χ3n) is 10.6. The predicted molar refractivity (Wildman–Crippen MR) is 238 cm³/mol. The molecule has 0 bridgehead atoms. The van der Waals surface area contributed by atoms with Gasteiger partial charge in [0, 0.05) is 19.9 Å². The number of rotatable bonds is 15. The van der Waals surface area contributed by atoms with Crippen molar-refractivity contribution in [2.45, 2.75) is 155 Å². The lowest BCUT2D eigenvalue weighted by molar-refractivity contribution is -0.158. The lowest BCUT2D eigenvalue weighted by Crippen LogP contribution is -2.63. The molecule has 0 saturated carbocycles. The third kappa shape index (κ3) is 16.4. The highest BCUT2D eigenvalue weighted by molar-refractivity contribution is 6.32. The Hall–Kier alpha value is -5.58. The molecule has 0 aliphatic carbocycles. The Morgan fingerprint density at radius 3 is 1.95 bits per heavy atom. The summed E-state index contributed by atoms with van der Waals surface area (Å²) in [6.45, 7) is 12.2. The third-order valence-corrected chi connectivity index (χ3v) is 10.9. The van der Waals surface area contributed by atoms with Gasteiger partial charge in [0.15, 0.2) is 0 Å². The van der Waals surface area contributed by atoms with Crippen LogP contribution in [0.25, 0.3) is 0 Å². The number of nitrogens with zero attached hydrogens (tertiary/aromatic N) is 1. The van der Waals surface area contributed by atoms with Gasteiger partial charge in [-0.25, -0.2) is 4.79 Å². The molecule has 2 rings (SSSR count). The summed E-state index contributed by atoms with van der Waals surface area (Å²) in [6, 6.07) is -8.81. The van der Waals surface area contributed by atoms with Gasteiger partial charge in [0.2, 0.25) is 47.3 Å². The number of ether oxygens (including phenoxy) is 1. The van der Waals surface area contributed by atoms with Crippen LogP contribution in [0.2, 0.25) is 5.02 Å². The molecule has 370 valence electrons. The number of phenols is 1. The van der Waals surface area contributed by atoms with Gasteiger partial charge < -0.3 is 67.3 Å². The number of carbonyl (C=O) groups is 9. The minimum Gasteiger partial charge on any atom is -0.506 e. The average molecular weight is 956 g/mol. The van der Waals surface area contributed by atoms with Crippen molar-refractivity contribution in [1.29, 1.82) is 0 Å². The van der Waals surface area contributed by atoms with Crippen molar-refractivity contribution >= 4 is 64.8 Å². The van der Waals surface area contributed by atoms with Crippen LogP contribution in [0.3, 0.4) is 0 Å². The van der Waals surface area contributed by atoms with Gasteiger partial charge in [-0.3, -0.25) is 38.4 Å². The van der Waals surface area contributed by atoms with E-state index >= 15 is 0 Å². The summed E-state index contributed by atoms with van der Waals surface area (Å²) in [5.74, 6) is -10.1. The van der Waals surface area contributed by atoms with Crippen LogP contribution in [0.5, 0.6) is 5.75 Å². The van der Waals surface area contributed by atoms with Gasteiger partial charge in [0.1, 0.15) is 60.2 Å². The summed E-state index contributed by atoms with van der Waals surface area (Å²) in [5.41, 5.74) is 0.330. The van der Waals surface area contributed by atoms with Crippen LogP contribution in [0.4, 0.5) is 0 Å². The fourth-order valence-corrected chi connectivity index (χ4v) is 6.96. The zero-order valence-electron chi connectivity index (χ0n) is 39.0. The molecule has 66 heavy (non-hydrogen) atoms. The Morgan fingerprint density at radius 2 is 1.42 bits per heavy atom. The molecular formula is C43H67ClN8O14. The molecule has 1 aromatic rings. The first-order valence-electron chi connectivity index (χ1n) is 21.8. The zero-order chi connectivity index (χ0) is 50.3. The van der Waals surface area contributed by atoms with Crippen LogP contribution < -0.4 is 37.2 Å². The number of likely N-dealkylation sites (N-methyl/N-ethyl adjacent to an activating group) is 1. The predicted octanol–water partition coefficient (Wildman–Crippen LogP) is -1.97. The Labute approximate surface area is 389 Å². The van der Waals surface area contributed by atoms with Crippen LogP contribution in [-0.2, 0) is 54.3 Å². The summed E-state index contributed by atoms with van der Waals surface area (Å²) in [7, 11) is 1.20. The minimum absolute atomic E-state index is 0.0873. The van der Waals surface area contributed by atoms with Crippen molar-refractivity contribution in [3.63, 3.8) is 0 Å². The molecule has 1 fully saturated rings. The van der Waals surface area contributed by atoms with Gasteiger partial charge >= 0.3 is 5.97 Å². The van der Waals surface area contributed by atoms with E-state index in [9.17, 15) is 63.6 Å². The summed E-state index contributed by atoms with van der Waals surface area (Å²) < 4.78 is 5.75. The first kappa shape index (κ1) is 56.5. The molecule has 1 aliphatic heterocycles. The molecule has 0 aromatic heterocycles. The number of cyclic esters (lactones) is 1. The average Bonchev–Trinajstić information content (AvgIpc) is 3.22. The maximum absolute atomic E-state index is 14.3. The molecule has 1 saturated heterocycles. The van der Waals surface area contributed by atoms with E-state index in [0.29, 0.717) is 12.0 Å². The van der Waals surface area contributed by atoms with Crippen molar-refractivity contribution < 1.29 is 68.3 Å². The second kappa shape index (κ2) is 25.9. The molecule has 22 nitrogen and oxygen atoms in total. The molecule has 8 amide bonds. The van der Waals surface area contributed by atoms with Gasteiger partial charge in [-0.15, -0.1) is 0 Å². The van der Waals surface area contributed by atoms with Gasteiger partial charge in [-0.1, -0.05) is 52.3 Å². The van der Waals surface area contributed by atoms with Crippen LogP contribution in [0, 0.1) is 11.8 Å². The smallest absolute Gasteiger partial charge is 0.329 e. The number of esters is 1. The highest BCUT2D eigenvalue weighted by atomic mass is 35.5. The quantitative estimate of drug-likeness (QED) is 0.0851. The summed E-state index contributed by atoms with van der Waals surface area (Å²) in [4.78, 5) is 124. The molecule has 11 N–H and O–H groups in total. The van der Waals surface area contributed by atoms with Gasteiger partial charge in [-0.2, -0.15) is 0 Å². The summed E-state index contributed by atoms with van der Waals surface area (Å²) in [5, 5.41) is 58.5. The van der Waals surface area contributed by atoms with E-state index in [0.717, 1.165) is 4.90 Å². The number of nitrogens with one attached hydrogen (secondary N) is 7. The number of halogens is 1. The standard InChI is InChI=1S/C43H67ClN8O14/c1-11-12-31(57)45-21(6)36(58)49-33(22(7)54)40(62)51-35-24(9)66-43(65)32(20(4)5)48-39(61)29(17-25-13-14-30(56)26(44)16-25)52(10)42(64)34(23(8)55)50-38(60)28(18-53)47-37(59)27(15-19(2)3)46-41(35)63/h13-14,16,19-24,27-29,32-35,53-56H,11-12,15,17-18H2,1-10H3,(H,45,57)(H,46,63)(H,47,59)(H,48,61)(H,49,58)(H,50,60)(H,51,62)/t21-,22+,23+,24+,27-,28-,29-,32-,33-,34-,35-/m0/s1. The highest BCUT2D eigenvalue weighted by Crippen LogP contribution is 2.25. The van der Waals surface area contributed by atoms with Gasteiger partial charge in [0.25, 0.3) is 0 Å². The molecule has 0 unspecified atom stereocenters. The number of phenolic OH excluding ortho intramolecular Hbond substituents is 1. The second-order valence-corrected chi connectivity index (χ2v) is 17.6. The fourth-order valence-electron chi connectivity index (χ4n) is 6.75. The molecule has 1 aliphatic rings. The molecule has 0 spiro atoms. The Balaban J connectivity index is 2.77. The Bertz CT molecular complexity index is 1920. The largest absolute Gasteiger partial charge is 0.506 e. The summed E-state index contributed by atoms with van der Waals surface area (Å²) in [6.07, 6.45) is -4.60. The zero-order valence-corrected chi connectivity index (χ0v) is 39.7. The van der Waals surface area contributed by atoms with Crippen molar-refractivity contribution in [2.24, 2.45) is 11.8 Å².